The summed E-state index contributed by atoms with van der Waals surface area (Å²) in [4.78, 5) is 8.23. The van der Waals surface area contributed by atoms with E-state index in [0.29, 0.717) is 28.5 Å². The molecule has 0 spiro atoms. The van der Waals surface area contributed by atoms with Crippen LogP contribution in [-0.2, 0) is 0 Å². The minimum Gasteiger partial charge on any atom is -0.434 e. The van der Waals surface area contributed by atoms with Crippen molar-refractivity contribution in [3.63, 3.8) is 0 Å². The van der Waals surface area contributed by atoms with Gasteiger partial charge in [0.15, 0.2) is 5.58 Å². The molecule has 0 amide bonds. The summed E-state index contributed by atoms with van der Waals surface area (Å²) in [5, 5.41) is 0. The van der Waals surface area contributed by atoms with Crippen molar-refractivity contribution in [2.45, 2.75) is 0 Å². The van der Waals surface area contributed by atoms with Crippen molar-refractivity contribution in [1.29, 1.82) is 0 Å². The second-order valence-electron chi connectivity index (χ2n) is 3.58. The summed E-state index contributed by atoms with van der Waals surface area (Å²) < 4.78 is 18.3. The van der Waals surface area contributed by atoms with Crippen LogP contribution in [0.3, 0.4) is 0 Å². The molecule has 4 nitrogen and oxygen atoms in total. The van der Waals surface area contributed by atoms with E-state index >= 15 is 0 Å². The molecule has 0 unspecified atom stereocenters. The second-order valence-corrected chi connectivity index (χ2v) is 3.58. The van der Waals surface area contributed by atoms with E-state index in [1.54, 1.807) is 24.3 Å². The Kier molecular flexibility index (Phi) is 2.04. The van der Waals surface area contributed by atoms with Crippen molar-refractivity contribution in [2.75, 3.05) is 5.73 Å². The Morgan fingerprint density at radius 3 is 2.53 bits per heavy atom. The number of oxazole rings is 1. The minimum atomic E-state index is -0.299. The van der Waals surface area contributed by atoms with E-state index in [1.807, 2.05) is 0 Å². The largest absolute Gasteiger partial charge is 0.434 e. The molecule has 0 aliphatic carbocycles. The van der Waals surface area contributed by atoms with Crippen LogP contribution in [0.2, 0.25) is 0 Å². The Morgan fingerprint density at radius 1 is 1.00 bits per heavy atom. The number of hydrogen-bond acceptors (Lipinski definition) is 4. The summed E-state index contributed by atoms with van der Waals surface area (Å²) in [5.74, 6) is 0.488. The van der Waals surface area contributed by atoms with Crippen molar-refractivity contribution < 1.29 is 8.81 Å². The summed E-state index contributed by atoms with van der Waals surface area (Å²) in [5.41, 5.74) is 7.25. The van der Waals surface area contributed by atoms with Crippen molar-refractivity contribution in [2.24, 2.45) is 0 Å². The van der Waals surface area contributed by atoms with Crippen LogP contribution in [0, 0.1) is 5.82 Å². The van der Waals surface area contributed by atoms with E-state index in [9.17, 15) is 4.39 Å². The van der Waals surface area contributed by atoms with E-state index in [4.69, 9.17) is 10.2 Å². The molecule has 2 aromatic heterocycles. The molecule has 5 heteroatoms. The lowest BCUT2D eigenvalue weighted by Crippen LogP contribution is -1.88. The fourth-order valence-corrected chi connectivity index (χ4v) is 1.55. The lowest BCUT2D eigenvalue weighted by atomic mass is 10.2. The van der Waals surface area contributed by atoms with Crippen LogP contribution in [0.4, 0.5) is 10.2 Å². The van der Waals surface area contributed by atoms with Gasteiger partial charge in [-0.15, -0.1) is 0 Å². The molecule has 0 atom stereocenters. The van der Waals surface area contributed by atoms with E-state index in [-0.39, 0.29) is 5.82 Å². The molecule has 0 bridgehead atoms. The highest BCUT2D eigenvalue weighted by Crippen LogP contribution is 2.23. The number of benzene rings is 1. The molecule has 0 radical (unpaired) electrons. The summed E-state index contributed by atoms with van der Waals surface area (Å²) >= 11 is 0. The number of halogens is 1. The van der Waals surface area contributed by atoms with Crippen molar-refractivity contribution >= 4 is 17.0 Å². The zero-order chi connectivity index (χ0) is 11.8. The highest BCUT2D eigenvalue weighted by atomic mass is 19.1. The molecule has 0 saturated carbocycles. The second kappa shape index (κ2) is 3.55. The summed E-state index contributed by atoms with van der Waals surface area (Å²) in [6, 6.07) is 9.25. The third-order valence-electron chi connectivity index (χ3n) is 2.37. The zero-order valence-electron chi connectivity index (χ0n) is 8.72. The highest BCUT2D eigenvalue weighted by Gasteiger charge is 2.09. The molecule has 3 aromatic rings. The Labute approximate surface area is 95.9 Å². The van der Waals surface area contributed by atoms with Crippen LogP contribution in [0.5, 0.6) is 0 Å². The Bertz CT molecular complexity index is 676. The SMILES string of the molecule is Nc1ccc2oc(-c3ccc(F)cc3)nc2n1. The third kappa shape index (κ3) is 1.71. The molecule has 2 N–H and O–H groups in total. The molecule has 84 valence electrons. The smallest absolute Gasteiger partial charge is 0.228 e. The predicted octanol–water partition coefficient (Wildman–Crippen LogP) is 2.61. The maximum absolute atomic E-state index is 12.8. The molecular formula is C12H8FN3O. The Balaban J connectivity index is 2.14. The monoisotopic (exact) mass is 229 g/mol. The number of anilines is 1. The van der Waals surface area contributed by atoms with E-state index < -0.39 is 0 Å². The number of hydrogen-bond donors (Lipinski definition) is 1. The lowest BCUT2D eigenvalue weighted by molar-refractivity contribution is 0.616. The van der Waals surface area contributed by atoms with Crippen LogP contribution in [0.15, 0.2) is 40.8 Å². The van der Waals surface area contributed by atoms with Crippen LogP contribution in [0.25, 0.3) is 22.7 Å². The van der Waals surface area contributed by atoms with E-state index in [2.05, 4.69) is 9.97 Å². The summed E-state index contributed by atoms with van der Waals surface area (Å²) in [6.45, 7) is 0. The summed E-state index contributed by atoms with van der Waals surface area (Å²) in [6.07, 6.45) is 0. The van der Waals surface area contributed by atoms with Crippen molar-refractivity contribution in [1.82, 2.24) is 9.97 Å². The maximum atomic E-state index is 12.8. The third-order valence-corrected chi connectivity index (χ3v) is 2.37. The first-order chi connectivity index (χ1) is 8.22. The fraction of sp³-hybridized carbons (Fsp3) is 0. The van der Waals surface area contributed by atoms with Gasteiger partial charge in [-0.05, 0) is 36.4 Å². The number of fused-ring (bicyclic) bond motifs is 1. The first-order valence-electron chi connectivity index (χ1n) is 5.01. The molecule has 2 heterocycles. The molecule has 0 aliphatic heterocycles. The van der Waals surface area contributed by atoms with Gasteiger partial charge in [-0.2, -0.15) is 4.98 Å². The molecule has 0 fully saturated rings. The van der Waals surface area contributed by atoms with Gasteiger partial charge in [0, 0.05) is 5.56 Å². The van der Waals surface area contributed by atoms with Gasteiger partial charge in [0.2, 0.25) is 11.5 Å². The van der Waals surface area contributed by atoms with Gasteiger partial charge in [-0.25, -0.2) is 9.37 Å². The van der Waals surface area contributed by atoms with Gasteiger partial charge in [-0.1, -0.05) is 0 Å². The molecule has 1 aromatic carbocycles. The van der Waals surface area contributed by atoms with Crippen LogP contribution in [-0.4, -0.2) is 9.97 Å². The first kappa shape index (κ1) is 9.77. The van der Waals surface area contributed by atoms with Crippen LogP contribution >= 0.6 is 0 Å². The van der Waals surface area contributed by atoms with Gasteiger partial charge < -0.3 is 10.2 Å². The topological polar surface area (TPSA) is 64.9 Å². The lowest BCUT2D eigenvalue weighted by Gasteiger charge is -1.93. The molecule has 0 saturated heterocycles. The number of aromatic nitrogens is 2. The van der Waals surface area contributed by atoms with Crippen LogP contribution in [0.1, 0.15) is 0 Å². The van der Waals surface area contributed by atoms with Gasteiger partial charge in [0.1, 0.15) is 11.6 Å². The number of nitrogen functional groups attached to an aromatic ring is 1. The zero-order valence-corrected chi connectivity index (χ0v) is 8.72. The number of nitrogens with zero attached hydrogens (tertiary/aromatic N) is 2. The number of nitrogens with two attached hydrogens (primary N) is 1. The van der Waals surface area contributed by atoms with Gasteiger partial charge in [0.05, 0.1) is 0 Å². The average molecular weight is 229 g/mol. The van der Waals surface area contributed by atoms with Crippen molar-refractivity contribution in [3.8, 4) is 11.5 Å². The molecule has 0 aliphatic rings. The van der Waals surface area contributed by atoms with Crippen molar-refractivity contribution in [3.05, 3.63) is 42.2 Å². The van der Waals surface area contributed by atoms with Gasteiger partial charge in [-0.3, -0.25) is 0 Å². The Morgan fingerprint density at radius 2 is 1.76 bits per heavy atom. The fourth-order valence-electron chi connectivity index (χ4n) is 1.55. The summed E-state index contributed by atoms with van der Waals surface area (Å²) in [7, 11) is 0. The normalized spacial score (nSPS) is 10.9. The standard InChI is InChI=1S/C12H8FN3O/c13-8-3-1-7(2-4-8)12-16-11-9(17-12)5-6-10(14)15-11/h1-6H,(H2,14,15). The molecule has 3 rings (SSSR count). The average Bonchev–Trinajstić information content (AvgIpc) is 2.72. The molecule has 17 heavy (non-hydrogen) atoms. The van der Waals surface area contributed by atoms with Gasteiger partial charge >= 0.3 is 0 Å². The van der Waals surface area contributed by atoms with E-state index in [0.717, 1.165) is 0 Å². The molecular weight excluding hydrogens is 221 g/mol. The predicted molar refractivity (Wildman–Crippen MR) is 61.6 cm³/mol. The minimum absolute atomic E-state index is 0.299. The first-order valence-corrected chi connectivity index (χ1v) is 5.01. The Hall–Kier alpha value is -2.43. The van der Waals surface area contributed by atoms with Crippen LogP contribution < -0.4 is 5.73 Å². The number of pyridine rings is 1. The number of rotatable bonds is 1. The van der Waals surface area contributed by atoms with Gasteiger partial charge in [0.25, 0.3) is 0 Å². The quantitative estimate of drug-likeness (QED) is 0.696. The highest BCUT2D eigenvalue weighted by molar-refractivity contribution is 5.73. The maximum Gasteiger partial charge on any atom is 0.228 e. The van der Waals surface area contributed by atoms with E-state index in [1.165, 1.54) is 12.1 Å².